The molecular weight excluding hydrogens is 365 g/mol. The fourth-order valence-corrected chi connectivity index (χ4v) is 2.49. The maximum atomic E-state index is 13.6. The molecule has 148 valence electrons. The van der Waals surface area contributed by atoms with E-state index in [0.717, 1.165) is 6.07 Å². The quantitative estimate of drug-likeness (QED) is 0.661. The van der Waals surface area contributed by atoms with Gasteiger partial charge in [0, 0.05) is 0 Å². The predicted molar refractivity (Wildman–Crippen MR) is 101 cm³/mol. The van der Waals surface area contributed by atoms with Gasteiger partial charge in [0.1, 0.15) is 17.6 Å². The summed E-state index contributed by atoms with van der Waals surface area (Å²) in [6.45, 7) is 3.48. The average molecular weight is 387 g/mol. The summed E-state index contributed by atoms with van der Waals surface area (Å²) in [5.74, 6) is -2.54. The van der Waals surface area contributed by atoms with Gasteiger partial charge in [0.2, 0.25) is 0 Å². The third kappa shape index (κ3) is 5.06. The van der Waals surface area contributed by atoms with E-state index >= 15 is 0 Å². The van der Waals surface area contributed by atoms with Gasteiger partial charge in [-0.25, -0.2) is 4.39 Å². The standard InChI is InChI=1S/C20H22FN3O4/c1-12(2)17(22-18(25)14-9-5-7-11-16(14)28-3)20(27)24-23-19(26)13-8-4-6-10-15(13)21/h4-12,17H,1-3H3,(H,22,25)(H,23,26)(H,24,27)/t17-/m0/s1. The number of nitrogens with one attached hydrogen (secondary N) is 3. The van der Waals surface area contributed by atoms with Crippen LogP contribution in [0.4, 0.5) is 4.39 Å². The Morgan fingerprint density at radius 3 is 2.11 bits per heavy atom. The summed E-state index contributed by atoms with van der Waals surface area (Å²) in [7, 11) is 1.44. The zero-order valence-corrected chi connectivity index (χ0v) is 15.8. The van der Waals surface area contributed by atoms with Crippen molar-refractivity contribution in [2.45, 2.75) is 19.9 Å². The lowest BCUT2D eigenvalue weighted by molar-refractivity contribution is -0.124. The lowest BCUT2D eigenvalue weighted by Crippen LogP contribution is -2.54. The molecule has 0 aliphatic carbocycles. The summed E-state index contributed by atoms with van der Waals surface area (Å²) < 4.78 is 18.8. The number of carbonyl (C=O) groups is 3. The normalized spacial score (nSPS) is 11.5. The number of hydrogen-bond acceptors (Lipinski definition) is 4. The van der Waals surface area contributed by atoms with E-state index in [-0.39, 0.29) is 17.0 Å². The molecule has 28 heavy (non-hydrogen) atoms. The number of carbonyl (C=O) groups excluding carboxylic acids is 3. The summed E-state index contributed by atoms with van der Waals surface area (Å²) in [6.07, 6.45) is 0. The molecule has 2 aromatic rings. The Balaban J connectivity index is 2.05. The molecule has 3 N–H and O–H groups in total. The Morgan fingerprint density at radius 1 is 0.893 bits per heavy atom. The van der Waals surface area contributed by atoms with Crippen LogP contribution in [0.3, 0.4) is 0 Å². The van der Waals surface area contributed by atoms with Crippen molar-refractivity contribution >= 4 is 17.7 Å². The highest BCUT2D eigenvalue weighted by atomic mass is 19.1. The molecule has 0 spiro atoms. The Labute approximate surface area is 162 Å². The molecule has 3 amide bonds. The zero-order valence-electron chi connectivity index (χ0n) is 15.8. The second kappa shape index (κ2) is 9.50. The van der Waals surface area contributed by atoms with Crippen molar-refractivity contribution in [3.05, 3.63) is 65.5 Å². The second-order valence-electron chi connectivity index (χ2n) is 6.32. The topological polar surface area (TPSA) is 96.5 Å². The first kappa shape index (κ1) is 20.9. The van der Waals surface area contributed by atoms with Crippen LogP contribution in [0, 0.1) is 11.7 Å². The van der Waals surface area contributed by atoms with Gasteiger partial charge in [0.25, 0.3) is 17.7 Å². The van der Waals surface area contributed by atoms with Crippen LogP contribution < -0.4 is 20.9 Å². The van der Waals surface area contributed by atoms with Crippen LogP contribution in [0.5, 0.6) is 5.75 Å². The van der Waals surface area contributed by atoms with Crippen LogP contribution in [-0.2, 0) is 4.79 Å². The first-order chi connectivity index (χ1) is 13.3. The maximum Gasteiger partial charge on any atom is 0.272 e. The fraction of sp³-hybridized carbons (Fsp3) is 0.250. The van der Waals surface area contributed by atoms with Crippen LogP contribution in [0.2, 0.25) is 0 Å². The van der Waals surface area contributed by atoms with E-state index in [1.807, 2.05) is 0 Å². The largest absolute Gasteiger partial charge is 0.496 e. The number of para-hydroxylation sites is 1. The van der Waals surface area contributed by atoms with Crippen LogP contribution in [0.15, 0.2) is 48.5 Å². The van der Waals surface area contributed by atoms with Gasteiger partial charge < -0.3 is 10.1 Å². The minimum atomic E-state index is -0.932. The Hall–Kier alpha value is -3.42. The highest BCUT2D eigenvalue weighted by molar-refractivity contribution is 6.00. The number of ether oxygens (including phenoxy) is 1. The number of amides is 3. The van der Waals surface area contributed by atoms with Gasteiger partial charge in [0.15, 0.2) is 0 Å². The molecule has 0 aliphatic rings. The third-order valence-electron chi connectivity index (χ3n) is 4.01. The minimum absolute atomic E-state index is 0.207. The van der Waals surface area contributed by atoms with E-state index in [1.54, 1.807) is 38.1 Å². The first-order valence-electron chi connectivity index (χ1n) is 8.63. The molecule has 0 radical (unpaired) electrons. The predicted octanol–water partition coefficient (Wildman–Crippen LogP) is 2.05. The number of hydrogen-bond donors (Lipinski definition) is 3. The maximum absolute atomic E-state index is 13.6. The van der Waals surface area contributed by atoms with E-state index in [9.17, 15) is 18.8 Å². The summed E-state index contributed by atoms with van der Waals surface area (Å²) >= 11 is 0. The minimum Gasteiger partial charge on any atom is -0.496 e. The smallest absolute Gasteiger partial charge is 0.272 e. The molecule has 2 aromatic carbocycles. The van der Waals surface area contributed by atoms with Crippen molar-refractivity contribution in [2.75, 3.05) is 7.11 Å². The van der Waals surface area contributed by atoms with Gasteiger partial charge in [-0.3, -0.25) is 25.2 Å². The van der Waals surface area contributed by atoms with E-state index in [4.69, 9.17) is 4.74 Å². The third-order valence-corrected chi connectivity index (χ3v) is 4.01. The van der Waals surface area contributed by atoms with Crippen LogP contribution in [-0.4, -0.2) is 30.9 Å². The lowest BCUT2D eigenvalue weighted by Gasteiger charge is -2.22. The molecule has 0 unspecified atom stereocenters. The van der Waals surface area contributed by atoms with Gasteiger partial charge >= 0.3 is 0 Å². The molecule has 8 heteroatoms. The van der Waals surface area contributed by atoms with Crippen molar-refractivity contribution in [1.82, 2.24) is 16.2 Å². The highest BCUT2D eigenvalue weighted by Crippen LogP contribution is 2.17. The Kier molecular flexibility index (Phi) is 7.08. The second-order valence-corrected chi connectivity index (χ2v) is 6.32. The van der Waals surface area contributed by atoms with Crippen molar-refractivity contribution in [2.24, 2.45) is 5.92 Å². The molecule has 0 saturated heterocycles. The molecule has 0 aliphatic heterocycles. The molecule has 2 rings (SSSR count). The monoisotopic (exact) mass is 387 g/mol. The Morgan fingerprint density at radius 2 is 1.50 bits per heavy atom. The van der Waals surface area contributed by atoms with Crippen molar-refractivity contribution in [3.63, 3.8) is 0 Å². The van der Waals surface area contributed by atoms with Crippen molar-refractivity contribution in [1.29, 1.82) is 0 Å². The molecular formula is C20H22FN3O4. The van der Waals surface area contributed by atoms with E-state index in [2.05, 4.69) is 16.2 Å². The first-order valence-corrected chi connectivity index (χ1v) is 8.63. The summed E-state index contributed by atoms with van der Waals surface area (Å²) in [5, 5.41) is 2.63. The van der Waals surface area contributed by atoms with Gasteiger partial charge in [0.05, 0.1) is 18.2 Å². The lowest BCUT2D eigenvalue weighted by atomic mass is 10.0. The summed E-state index contributed by atoms with van der Waals surface area (Å²) in [4.78, 5) is 37.0. The number of benzene rings is 2. The van der Waals surface area contributed by atoms with E-state index < -0.39 is 29.6 Å². The molecule has 1 atom stereocenters. The van der Waals surface area contributed by atoms with Gasteiger partial charge in [-0.15, -0.1) is 0 Å². The zero-order chi connectivity index (χ0) is 20.7. The van der Waals surface area contributed by atoms with Gasteiger partial charge in [-0.1, -0.05) is 38.1 Å². The Bertz CT molecular complexity index is 870. The summed E-state index contributed by atoms with van der Waals surface area (Å²) in [6, 6.07) is 11.1. The van der Waals surface area contributed by atoms with E-state index in [0.29, 0.717) is 5.75 Å². The molecule has 0 fully saturated rings. The van der Waals surface area contributed by atoms with Crippen LogP contribution >= 0.6 is 0 Å². The van der Waals surface area contributed by atoms with E-state index in [1.165, 1.54) is 25.3 Å². The average Bonchev–Trinajstić information content (AvgIpc) is 2.69. The molecule has 0 bridgehead atoms. The highest BCUT2D eigenvalue weighted by Gasteiger charge is 2.26. The number of halogens is 1. The number of methoxy groups -OCH3 is 1. The van der Waals surface area contributed by atoms with Gasteiger partial charge in [-0.2, -0.15) is 0 Å². The van der Waals surface area contributed by atoms with Crippen LogP contribution in [0.1, 0.15) is 34.6 Å². The molecule has 7 nitrogen and oxygen atoms in total. The SMILES string of the molecule is COc1ccccc1C(=O)N[C@H](C(=O)NNC(=O)c1ccccc1F)C(C)C. The molecule has 0 aromatic heterocycles. The van der Waals surface area contributed by atoms with Gasteiger partial charge in [-0.05, 0) is 30.2 Å². The fourth-order valence-electron chi connectivity index (χ4n) is 2.49. The number of rotatable bonds is 6. The number of hydrazine groups is 1. The molecule has 0 saturated carbocycles. The molecule has 0 heterocycles. The van der Waals surface area contributed by atoms with Crippen molar-refractivity contribution in [3.8, 4) is 5.75 Å². The summed E-state index contributed by atoms with van der Waals surface area (Å²) in [5.41, 5.74) is 4.45. The van der Waals surface area contributed by atoms with Crippen molar-refractivity contribution < 1.29 is 23.5 Å². The van der Waals surface area contributed by atoms with Crippen LogP contribution in [0.25, 0.3) is 0 Å².